The van der Waals surface area contributed by atoms with Crippen LogP contribution in [-0.4, -0.2) is 53.6 Å². The highest BCUT2D eigenvalue weighted by Crippen LogP contribution is 2.33. The first kappa shape index (κ1) is 31.4. The van der Waals surface area contributed by atoms with Gasteiger partial charge in [-0.05, 0) is 41.3 Å². The van der Waals surface area contributed by atoms with Crippen LogP contribution in [0.2, 0.25) is 0 Å². The van der Waals surface area contributed by atoms with E-state index in [-0.39, 0.29) is 17.0 Å². The smallest absolute Gasteiger partial charge is 0.416 e. The van der Waals surface area contributed by atoms with E-state index < -0.39 is 36.1 Å². The molecule has 1 amide bonds. The summed E-state index contributed by atoms with van der Waals surface area (Å²) in [5.41, 5.74) is 2.90. The molecular formula is C31H28F3N7O3S. The Bertz CT molecular complexity index is 1770. The molecule has 0 saturated carbocycles. The maximum absolute atomic E-state index is 13.5. The van der Waals surface area contributed by atoms with E-state index in [0.29, 0.717) is 30.1 Å². The van der Waals surface area contributed by atoms with Crippen molar-refractivity contribution < 1.29 is 27.9 Å². The molecule has 0 aliphatic rings. The van der Waals surface area contributed by atoms with Gasteiger partial charge in [-0.3, -0.25) is 14.6 Å². The number of benzene rings is 2. The number of alkyl halides is 3. The molecule has 0 radical (unpaired) electrons. The lowest BCUT2D eigenvalue weighted by Crippen LogP contribution is -2.38. The quantitative estimate of drug-likeness (QED) is 0.157. The van der Waals surface area contributed by atoms with Crippen LogP contribution in [0.15, 0.2) is 66.9 Å². The summed E-state index contributed by atoms with van der Waals surface area (Å²) in [4.78, 5) is 34.9. The second-order valence-electron chi connectivity index (χ2n) is 10.3. The molecule has 14 heteroatoms. The number of pyridine rings is 1. The third-order valence-electron chi connectivity index (χ3n) is 6.98. The fourth-order valence-electron chi connectivity index (χ4n) is 4.97. The number of carbonyl (C=O) groups is 2. The summed E-state index contributed by atoms with van der Waals surface area (Å²) in [6.45, 7) is 2.00. The molecule has 3 heterocycles. The Balaban J connectivity index is 1.34. The molecule has 5 aromatic rings. The first-order valence-corrected chi connectivity index (χ1v) is 14.9. The van der Waals surface area contributed by atoms with Gasteiger partial charge < -0.3 is 10.4 Å². The highest BCUT2D eigenvalue weighted by atomic mass is 32.1. The maximum atomic E-state index is 13.5. The van der Waals surface area contributed by atoms with E-state index in [1.807, 2.05) is 43.3 Å². The van der Waals surface area contributed by atoms with Crippen molar-refractivity contribution in [3.8, 4) is 22.6 Å². The summed E-state index contributed by atoms with van der Waals surface area (Å²) in [7, 11) is 0. The molecule has 3 N–H and O–H groups in total. The Morgan fingerprint density at radius 2 is 1.80 bits per heavy atom. The first-order chi connectivity index (χ1) is 21.6. The Morgan fingerprint density at radius 3 is 2.47 bits per heavy atom. The number of thiazole rings is 1. The van der Waals surface area contributed by atoms with Crippen molar-refractivity contribution in [3.05, 3.63) is 99.1 Å². The van der Waals surface area contributed by atoms with Gasteiger partial charge in [0.2, 0.25) is 5.82 Å². The molecule has 10 nitrogen and oxygen atoms in total. The predicted octanol–water partition coefficient (Wildman–Crippen LogP) is 5.76. The van der Waals surface area contributed by atoms with Crippen LogP contribution in [0, 0.1) is 0 Å². The summed E-state index contributed by atoms with van der Waals surface area (Å²) in [6.07, 6.45) is -1.86. The Labute approximate surface area is 259 Å². The highest BCUT2D eigenvalue weighted by molar-refractivity contribution is 7.13. The number of carboxylic acids is 1. The van der Waals surface area contributed by atoms with Crippen LogP contribution >= 0.6 is 11.3 Å². The van der Waals surface area contributed by atoms with Crippen LogP contribution in [0.3, 0.4) is 0 Å². The van der Waals surface area contributed by atoms with Crippen LogP contribution in [0.1, 0.15) is 56.8 Å². The largest absolute Gasteiger partial charge is 0.481 e. The fraction of sp³-hybridized carbons (Fsp3) is 0.258. The molecule has 2 aromatic carbocycles. The first-order valence-electron chi connectivity index (χ1n) is 14.1. The van der Waals surface area contributed by atoms with Crippen molar-refractivity contribution in [2.24, 2.45) is 0 Å². The Kier molecular flexibility index (Phi) is 9.62. The summed E-state index contributed by atoms with van der Waals surface area (Å²) in [5.74, 6) is -1.43. The van der Waals surface area contributed by atoms with Crippen molar-refractivity contribution in [3.63, 3.8) is 0 Å². The molecular weight excluding hydrogens is 607 g/mol. The number of hydrogen-bond donors (Lipinski definition) is 3. The molecule has 0 spiro atoms. The van der Waals surface area contributed by atoms with E-state index in [0.717, 1.165) is 34.1 Å². The van der Waals surface area contributed by atoms with Crippen molar-refractivity contribution in [2.45, 2.75) is 51.2 Å². The zero-order valence-electron chi connectivity index (χ0n) is 24.0. The maximum Gasteiger partial charge on any atom is 0.416 e. The minimum atomic E-state index is -4.61. The van der Waals surface area contributed by atoms with Crippen molar-refractivity contribution >= 4 is 23.2 Å². The number of carbonyl (C=O) groups excluding carboxylic acids is 1. The number of aromatic nitrogens is 6. The zero-order chi connectivity index (χ0) is 32.0. The predicted molar refractivity (Wildman–Crippen MR) is 160 cm³/mol. The van der Waals surface area contributed by atoms with Gasteiger partial charge in [0.1, 0.15) is 0 Å². The SMILES string of the molecule is CCCc1sc(C(=O)NC(CC(=O)O)Cc2ccccc2C(F)(F)F)nc1Cc1ccc(-c2ccccc2-c2nn[nH]n2)nc1. The summed E-state index contributed by atoms with van der Waals surface area (Å²) in [6, 6.07) is 15.2. The van der Waals surface area contributed by atoms with Crippen LogP contribution < -0.4 is 5.32 Å². The number of H-pyrrole nitrogens is 1. The van der Waals surface area contributed by atoms with Gasteiger partial charge in [-0.2, -0.15) is 18.4 Å². The van der Waals surface area contributed by atoms with Gasteiger partial charge in [0.25, 0.3) is 5.91 Å². The lowest BCUT2D eigenvalue weighted by Gasteiger charge is -2.19. The average molecular weight is 636 g/mol. The van der Waals surface area contributed by atoms with Crippen LogP contribution in [0.5, 0.6) is 0 Å². The number of nitrogens with zero attached hydrogens (tertiary/aromatic N) is 5. The number of aliphatic carboxylic acids is 1. The molecule has 232 valence electrons. The normalized spacial score (nSPS) is 12.2. The number of nitrogens with one attached hydrogen (secondary N) is 2. The van der Waals surface area contributed by atoms with Crippen molar-refractivity contribution in [2.75, 3.05) is 0 Å². The van der Waals surface area contributed by atoms with Gasteiger partial charge in [-0.25, -0.2) is 4.98 Å². The van der Waals surface area contributed by atoms with Gasteiger partial charge in [0.05, 0.1) is 23.4 Å². The Morgan fingerprint density at radius 1 is 1.04 bits per heavy atom. The standard InChI is InChI=1S/C31H28F3N7O3S/c1-2-7-26-25(14-18-12-13-24(35-17-18)21-9-4-5-10-22(21)28-38-40-41-39-28)37-30(45-26)29(44)36-20(16-27(42)43)15-19-8-3-6-11-23(19)31(32,33)34/h3-6,8-13,17,20H,2,7,14-16H2,1H3,(H,36,44)(H,42,43)(H,38,39,40,41). The summed E-state index contributed by atoms with van der Waals surface area (Å²) in [5, 5.41) is 26.4. The molecule has 0 bridgehead atoms. The minimum absolute atomic E-state index is 0.0982. The molecule has 45 heavy (non-hydrogen) atoms. The lowest BCUT2D eigenvalue weighted by molar-refractivity contribution is -0.138. The zero-order valence-corrected chi connectivity index (χ0v) is 24.8. The second-order valence-corrected chi connectivity index (χ2v) is 11.4. The number of aryl methyl sites for hydroxylation is 1. The van der Waals surface area contributed by atoms with Crippen LogP contribution in [-0.2, 0) is 30.2 Å². The number of halogens is 3. The highest BCUT2D eigenvalue weighted by Gasteiger charge is 2.34. The van der Waals surface area contributed by atoms with E-state index in [1.165, 1.54) is 29.5 Å². The molecule has 3 aromatic heterocycles. The van der Waals surface area contributed by atoms with Gasteiger partial charge >= 0.3 is 12.1 Å². The van der Waals surface area contributed by atoms with Gasteiger partial charge in [0.15, 0.2) is 5.01 Å². The van der Waals surface area contributed by atoms with Crippen molar-refractivity contribution in [1.82, 2.24) is 35.9 Å². The van der Waals surface area contributed by atoms with E-state index in [2.05, 4.69) is 35.9 Å². The van der Waals surface area contributed by atoms with Gasteiger partial charge in [-0.1, -0.05) is 61.9 Å². The number of rotatable bonds is 12. The molecule has 0 aliphatic heterocycles. The number of amides is 1. The topological polar surface area (TPSA) is 147 Å². The summed E-state index contributed by atoms with van der Waals surface area (Å²) < 4.78 is 40.6. The van der Waals surface area contributed by atoms with E-state index >= 15 is 0 Å². The Hall–Kier alpha value is -4.98. The van der Waals surface area contributed by atoms with E-state index in [9.17, 15) is 27.9 Å². The minimum Gasteiger partial charge on any atom is -0.481 e. The number of aromatic amines is 1. The number of carboxylic acid groups (broad SMARTS) is 1. The fourth-order valence-corrected chi connectivity index (χ4v) is 6.06. The third kappa shape index (κ3) is 7.76. The van der Waals surface area contributed by atoms with E-state index in [1.54, 1.807) is 6.20 Å². The molecule has 0 saturated heterocycles. The van der Waals surface area contributed by atoms with Crippen LogP contribution in [0.25, 0.3) is 22.6 Å². The molecule has 0 fully saturated rings. The average Bonchev–Trinajstić information content (AvgIpc) is 3.68. The molecule has 1 unspecified atom stereocenters. The number of hydrogen-bond acceptors (Lipinski definition) is 8. The summed E-state index contributed by atoms with van der Waals surface area (Å²) >= 11 is 1.19. The van der Waals surface area contributed by atoms with E-state index in [4.69, 9.17) is 0 Å². The van der Waals surface area contributed by atoms with Crippen LogP contribution in [0.4, 0.5) is 13.2 Å². The molecule has 1 atom stereocenters. The van der Waals surface area contributed by atoms with Gasteiger partial charge in [0, 0.05) is 34.7 Å². The van der Waals surface area contributed by atoms with Crippen molar-refractivity contribution in [1.29, 1.82) is 0 Å². The second kappa shape index (κ2) is 13.8. The number of tetrazole rings is 1. The van der Waals surface area contributed by atoms with Gasteiger partial charge in [-0.15, -0.1) is 21.5 Å². The molecule has 0 aliphatic carbocycles. The third-order valence-corrected chi connectivity index (χ3v) is 8.14. The lowest BCUT2D eigenvalue weighted by atomic mass is 9.98. The molecule has 5 rings (SSSR count). The monoisotopic (exact) mass is 635 g/mol.